The van der Waals surface area contributed by atoms with Gasteiger partial charge in [-0.3, -0.25) is 4.79 Å². The minimum atomic E-state index is -1.02. The largest absolute Gasteiger partial charge is 0.494 e. The number of rotatable bonds is 4. The Morgan fingerprint density at radius 1 is 1.24 bits per heavy atom. The summed E-state index contributed by atoms with van der Waals surface area (Å²) in [5, 5.41) is 5.52. The first-order valence-electron chi connectivity index (χ1n) is 6.63. The number of carbonyl (C=O) groups excluding carboxylic acids is 1. The summed E-state index contributed by atoms with van der Waals surface area (Å²) in [4.78, 5) is 12.4. The molecular weight excluding hydrogens is 282 g/mol. The molecule has 0 aliphatic carbocycles. The summed E-state index contributed by atoms with van der Waals surface area (Å²) in [5.41, 5.74) is -1.25. The minimum Gasteiger partial charge on any atom is -0.494 e. The minimum absolute atomic E-state index is 0.214. The molecule has 0 spiro atoms. The summed E-state index contributed by atoms with van der Waals surface area (Å²) in [6.45, 7) is 1.25. The first-order valence-corrected chi connectivity index (χ1v) is 6.63. The molecule has 1 aromatic rings. The molecular formula is C14H18F2N2O3. The maximum atomic E-state index is 13.9. The lowest BCUT2D eigenvalue weighted by molar-refractivity contribution is -0.140. The fourth-order valence-electron chi connectivity index (χ4n) is 2.37. The van der Waals surface area contributed by atoms with Crippen LogP contribution in [0.5, 0.6) is 5.75 Å². The number of hydrogen-bond acceptors (Lipinski definition) is 4. The molecule has 2 N–H and O–H groups in total. The highest BCUT2D eigenvalue weighted by Crippen LogP contribution is 2.28. The average Bonchev–Trinajstić information content (AvgIpc) is 2.51. The molecule has 1 amide bonds. The van der Waals surface area contributed by atoms with Crippen LogP contribution >= 0.6 is 0 Å². The Bertz CT molecular complexity index is 531. The van der Waals surface area contributed by atoms with Gasteiger partial charge in [-0.05, 0) is 25.9 Å². The summed E-state index contributed by atoms with van der Waals surface area (Å²) in [6.07, 6.45) is 0.936. The molecule has 7 heteroatoms. The van der Waals surface area contributed by atoms with Crippen LogP contribution < -0.4 is 15.4 Å². The highest BCUT2D eigenvalue weighted by molar-refractivity contribution is 5.97. The van der Waals surface area contributed by atoms with Crippen LogP contribution in [0.15, 0.2) is 12.1 Å². The smallest absolute Gasteiger partial charge is 0.256 e. The monoisotopic (exact) mass is 300 g/mol. The van der Waals surface area contributed by atoms with Gasteiger partial charge >= 0.3 is 0 Å². The van der Waals surface area contributed by atoms with Crippen molar-refractivity contribution in [3.8, 4) is 5.75 Å². The number of halogens is 2. The number of anilines is 1. The summed E-state index contributed by atoms with van der Waals surface area (Å²) in [5.74, 6) is -2.20. The Morgan fingerprint density at radius 3 is 2.48 bits per heavy atom. The van der Waals surface area contributed by atoms with Gasteiger partial charge in [-0.1, -0.05) is 0 Å². The molecule has 0 radical (unpaired) electrons. The molecule has 1 aliphatic heterocycles. The van der Waals surface area contributed by atoms with Gasteiger partial charge in [0.1, 0.15) is 5.60 Å². The maximum Gasteiger partial charge on any atom is 0.256 e. The molecule has 2 rings (SSSR count). The van der Waals surface area contributed by atoms with Crippen LogP contribution in [0.4, 0.5) is 14.5 Å². The van der Waals surface area contributed by atoms with Gasteiger partial charge in [-0.25, -0.2) is 8.78 Å². The molecule has 0 unspecified atom stereocenters. The lowest BCUT2D eigenvalue weighted by Gasteiger charge is -2.34. The van der Waals surface area contributed by atoms with Crippen LogP contribution in [0.3, 0.4) is 0 Å². The van der Waals surface area contributed by atoms with Crippen LogP contribution in [0.1, 0.15) is 12.8 Å². The van der Waals surface area contributed by atoms with Crippen molar-refractivity contribution >= 4 is 11.6 Å². The van der Waals surface area contributed by atoms with Gasteiger partial charge in [-0.2, -0.15) is 0 Å². The van der Waals surface area contributed by atoms with Gasteiger partial charge in [0.2, 0.25) is 0 Å². The van der Waals surface area contributed by atoms with E-state index >= 15 is 0 Å². The van der Waals surface area contributed by atoms with Crippen molar-refractivity contribution in [1.82, 2.24) is 5.32 Å². The number of hydrogen-bond donors (Lipinski definition) is 2. The number of methoxy groups -OCH3 is 2. The van der Waals surface area contributed by atoms with Crippen LogP contribution in [0.2, 0.25) is 0 Å². The van der Waals surface area contributed by atoms with Gasteiger partial charge < -0.3 is 20.1 Å². The standard InChI is InChI=1S/C14H18F2N2O3/c1-20-12-8-9(15)11(7-10(12)16)18-13(19)14(21-2)3-5-17-6-4-14/h7-8,17H,3-6H2,1-2H3,(H,18,19). The van der Waals surface area contributed by atoms with Gasteiger partial charge in [0, 0.05) is 19.2 Å². The predicted octanol–water partition coefficient (Wildman–Crippen LogP) is 1.68. The molecule has 1 aliphatic rings. The lowest BCUT2D eigenvalue weighted by Crippen LogP contribution is -2.51. The summed E-state index contributed by atoms with van der Waals surface area (Å²) < 4.78 is 37.5. The Morgan fingerprint density at radius 2 is 1.90 bits per heavy atom. The molecule has 116 valence electrons. The topological polar surface area (TPSA) is 59.6 Å². The number of nitrogens with one attached hydrogen (secondary N) is 2. The quantitative estimate of drug-likeness (QED) is 0.888. The second-order valence-electron chi connectivity index (χ2n) is 4.87. The van der Waals surface area contributed by atoms with Gasteiger partial charge in [0.25, 0.3) is 5.91 Å². The highest BCUT2D eigenvalue weighted by atomic mass is 19.1. The zero-order valence-electron chi connectivity index (χ0n) is 12.0. The van der Waals surface area contributed by atoms with Crippen molar-refractivity contribution in [1.29, 1.82) is 0 Å². The van der Waals surface area contributed by atoms with E-state index in [1.807, 2.05) is 0 Å². The van der Waals surface area contributed by atoms with E-state index in [-0.39, 0.29) is 11.4 Å². The molecule has 21 heavy (non-hydrogen) atoms. The summed E-state index contributed by atoms with van der Waals surface area (Å²) in [7, 11) is 2.68. The van der Waals surface area contributed by atoms with E-state index in [1.165, 1.54) is 14.2 Å². The third-order valence-corrected chi connectivity index (χ3v) is 3.71. The van der Waals surface area contributed by atoms with Crippen molar-refractivity contribution < 1.29 is 23.0 Å². The van der Waals surface area contributed by atoms with Crippen LogP contribution in [0.25, 0.3) is 0 Å². The lowest BCUT2D eigenvalue weighted by atomic mass is 9.91. The molecule has 0 saturated carbocycles. The number of piperidine rings is 1. The molecule has 1 aromatic carbocycles. The van der Waals surface area contributed by atoms with E-state index in [4.69, 9.17) is 4.74 Å². The summed E-state index contributed by atoms with van der Waals surface area (Å²) >= 11 is 0. The molecule has 5 nitrogen and oxygen atoms in total. The fraction of sp³-hybridized carbons (Fsp3) is 0.500. The fourth-order valence-corrected chi connectivity index (χ4v) is 2.37. The van der Waals surface area contributed by atoms with Crippen molar-refractivity contribution in [2.24, 2.45) is 0 Å². The van der Waals surface area contributed by atoms with Crippen molar-refractivity contribution in [3.63, 3.8) is 0 Å². The molecule has 1 heterocycles. The maximum absolute atomic E-state index is 13.9. The molecule has 0 atom stereocenters. The van der Waals surface area contributed by atoms with E-state index in [1.54, 1.807) is 0 Å². The first-order chi connectivity index (χ1) is 10.0. The van der Waals surface area contributed by atoms with E-state index in [0.717, 1.165) is 12.1 Å². The SMILES string of the molecule is COc1cc(F)c(NC(=O)C2(OC)CCNCC2)cc1F. The van der Waals surface area contributed by atoms with Crippen LogP contribution in [0, 0.1) is 11.6 Å². The second-order valence-corrected chi connectivity index (χ2v) is 4.87. The van der Waals surface area contributed by atoms with Gasteiger partial charge in [0.05, 0.1) is 12.8 Å². The number of ether oxygens (including phenoxy) is 2. The first kappa shape index (κ1) is 15.7. The molecule has 1 saturated heterocycles. The number of carbonyl (C=O) groups is 1. The van der Waals surface area contributed by atoms with E-state index < -0.39 is 23.1 Å². The van der Waals surface area contributed by atoms with Gasteiger partial charge in [-0.15, -0.1) is 0 Å². The molecule has 1 fully saturated rings. The zero-order valence-corrected chi connectivity index (χ0v) is 12.0. The van der Waals surface area contributed by atoms with Crippen LogP contribution in [-0.4, -0.2) is 38.8 Å². The summed E-state index contributed by atoms with van der Waals surface area (Å²) in [6, 6.07) is 1.79. The third kappa shape index (κ3) is 3.14. The van der Waals surface area contributed by atoms with Crippen molar-refractivity contribution in [2.45, 2.75) is 18.4 Å². The average molecular weight is 300 g/mol. The Kier molecular flexibility index (Phi) is 4.74. The third-order valence-electron chi connectivity index (χ3n) is 3.71. The molecule has 0 bridgehead atoms. The number of amides is 1. The van der Waals surface area contributed by atoms with Gasteiger partial charge in [0.15, 0.2) is 17.4 Å². The van der Waals surface area contributed by atoms with E-state index in [0.29, 0.717) is 25.9 Å². The predicted molar refractivity (Wildman–Crippen MR) is 73.4 cm³/mol. The Balaban J connectivity index is 2.20. The molecule has 0 aromatic heterocycles. The van der Waals surface area contributed by atoms with Crippen molar-refractivity contribution in [2.75, 3.05) is 32.6 Å². The zero-order chi connectivity index (χ0) is 15.5. The Hall–Kier alpha value is -1.73. The normalized spacial score (nSPS) is 17.3. The van der Waals surface area contributed by atoms with E-state index in [2.05, 4.69) is 15.4 Å². The second kappa shape index (κ2) is 6.36. The van der Waals surface area contributed by atoms with Crippen LogP contribution in [-0.2, 0) is 9.53 Å². The Labute approximate surface area is 121 Å². The van der Waals surface area contributed by atoms with Crippen molar-refractivity contribution in [3.05, 3.63) is 23.8 Å². The highest BCUT2D eigenvalue weighted by Gasteiger charge is 2.40. The number of benzene rings is 1. The van der Waals surface area contributed by atoms with E-state index in [9.17, 15) is 13.6 Å².